The second kappa shape index (κ2) is 5.02. The molecule has 1 aromatic rings. The van der Waals surface area contributed by atoms with E-state index in [4.69, 9.17) is 0 Å². The lowest BCUT2D eigenvalue weighted by molar-refractivity contribution is -0.141. The maximum atomic E-state index is 12.6. The first kappa shape index (κ1) is 14.2. The number of rotatable bonds is 2. The molecule has 0 aromatic carbocycles. The molecule has 5 heteroatoms. The summed E-state index contributed by atoms with van der Waals surface area (Å²) in [6.07, 6.45) is -0.255. The number of halogens is 3. The normalized spacial score (nSPS) is 20.3. The Labute approximate surface area is 111 Å². The molecule has 2 nitrogen and oxygen atoms in total. The van der Waals surface area contributed by atoms with Gasteiger partial charge in [0.05, 0.1) is 0 Å². The molecule has 0 aliphatic heterocycles. The highest BCUT2D eigenvalue weighted by Crippen LogP contribution is 2.36. The fourth-order valence-electron chi connectivity index (χ4n) is 2.43. The van der Waals surface area contributed by atoms with Gasteiger partial charge in [0.15, 0.2) is 0 Å². The van der Waals surface area contributed by atoms with Crippen molar-refractivity contribution in [2.45, 2.75) is 51.7 Å². The first-order valence-electron chi connectivity index (χ1n) is 6.57. The molecule has 0 bridgehead atoms. The van der Waals surface area contributed by atoms with Gasteiger partial charge in [0.2, 0.25) is 0 Å². The lowest BCUT2D eigenvalue weighted by atomic mass is 9.75. The summed E-state index contributed by atoms with van der Waals surface area (Å²) in [4.78, 5) is 3.64. The van der Waals surface area contributed by atoms with E-state index >= 15 is 0 Å². The van der Waals surface area contributed by atoms with Gasteiger partial charge < -0.3 is 5.32 Å². The van der Waals surface area contributed by atoms with Crippen molar-refractivity contribution in [3.05, 3.63) is 23.9 Å². The number of anilines is 1. The molecular weight excluding hydrogens is 253 g/mol. The Hall–Kier alpha value is -1.26. The molecule has 1 aromatic heterocycles. The molecule has 1 saturated carbocycles. The number of nitrogens with zero attached hydrogens (tertiary/aromatic N) is 1. The minimum Gasteiger partial charge on any atom is -0.367 e. The molecule has 1 fully saturated rings. The van der Waals surface area contributed by atoms with Crippen LogP contribution in [0, 0.1) is 5.41 Å². The van der Waals surface area contributed by atoms with Crippen molar-refractivity contribution in [3.8, 4) is 0 Å². The van der Waals surface area contributed by atoms with Crippen molar-refractivity contribution in [2.75, 3.05) is 5.32 Å². The van der Waals surface area contributed by atoms with Gasteiger partial charge in [-0.3, -0.25) is 0 Å². The van der Waals surface area contributed by atoms with Crippen LogP contribution < -0.4 is 5.32 Å². The Kier molecular flexibility index (Phi) is 3.74. The molecule has 1 N–H and O–H groups in total. The summed E-state index contributed by atoms with van der Waals surface area (Å²) in [5.74, 6) is 0.319. The zero-order chi connectivity index (χ0) is 14.1. The van der Waals surface area contributed by atoms with Crippen LogP contribution in [0.25, 0.3) is 0 Å². The Morgan fingerprint density at radius 3 is 2.42 bits per heavy atom. The molecule has 106 valence electrons. The third-order valence-electron chi connectivity index (χ3n) is 3.73. The molecule has 0 amide bonds. The van der Waals surface area contributed by atoms with Crippen LogP contribution in [0.2, 0.25) is 0 Å². The average Bonchev–Trinajstić information content (AvgIpc) is 2.31. The zero-order valence-electron chi connectivity index (χ0n) is 11.2. The van der Waals surface area contributed by atoms with Crippen molar-refractivity contribution in [1.29, 1.82) is 0 Å². The SMILES string of the molecule is CC1(C)CCC(Nc2cccc(C(F)(F)F)n2)CC1. The lowest BCUT2D eigenvalue weighted by Gasteiger charge is -2.34. The molecule has 0 radical (unpaired) electrons. The quantitative estimate of drug-likeness (QED) is 0.858. The fourth-order valence-corrected chi connectivity index (χ4v) is 2.43. The summed E-state index contributed by atoms with van der Waals surface area (Å²) in [7, 11) is 0. The third-order valence-corrected chi connectivity index (χ3v) is 3.73. The third kappa shape index (κ3) is 3.85. The van der Waals surface area contributed by atoms with Crippen LogP contribution in [-0.2, 0) is 6.18 Å². The van der Waals surface area contributed by atoms with E-state index in [2.05, 4.69) is 24.1 Å². The van der Waals surface area contributed by atoms with E-state index in [1.165, 1.54) is 6.07 Å². The smallest absolute Gasteiger partial charge is 0.367 e. The summed E-state index contributed by atoms with van der Waals surface area (Å²) in [6, 6.07) is 4.21. The predicted molar refractivity (Wildman–Crippen MR) is 68.9 cm³/mol. The number of hydrogen-bond acceptors (Lipinski definition) is 2. The molecule has 1 aliphatic rings. The Bertz CT molecular complexity index is 431. The van der Waals surface area contributed by atoms with E-state index in [9.17, 15) is 13.2 Å². The van der Waals surface area contributed by atoms with Crippen LogP contribution in [-0.4, -0.2) is 11.0 Å². The van der Waals surface area contributed by atoms with Gasteiger partial charge in [-0.05, 0) is 43.2 Å². The minimum atomic E-state index is -4.38. The van der Waals surface area contributed by atoms with Crippen LogP contribution in [0.15, 0.2) is 18.2 Å². The Morgan fingerprint density at radius 1 is 1.21 bits per heavy atom. The van der Waals surface area contributed by atoms with Crippen molar-refractivity contribution < 1.29 is 13.2 Å². The van der Waals surface area contributed by atoms with Gasteiger partial charge in [-0.15, -0.1) is 0 Å². The molecule has 0 unspecified atom stereocenters. The summed E-state index contributed by atoms with van der Waals surface area (Å²) in [5, 5.41) is 3.12. The van der Waals surface area contributed by atoms with E-state index in [1.807, 2.05) is 0 Å². The van der Waals surface area contributed by atoms with Crippen molar-refractivity contribution in [3.63, 3.8) is 0 Å². The van der Waals surface area contributed by atoms with Gasteiger partial charge in [-0.1, -0.05) is 19.9 Å². The van der Waals surface area contributed by atoms with Crippen LogP contribution in [0.5, 0.6) is 0 Å². The van der Waals surface area contributed by atoms with Gasteiger partial charge >= 0.3 is 6.18 Å². The van der Waals surface area contributed by atoms with Crippen molar-refractivity contribution >= 4 is 5.82 Å². The Balaban J connectivity index is 2.00. The van der Waals surface area contributed by atoms with Gasteiger partial charge in [-0.25, -0.2) is 4.98 Å². The van der Waals surface area contributed by atoms with Gasteiger partial charge in [0, 0.05) is 6.04 Å². The first-order chi connectivity index (χ1) is 8.76. The summed E-state index contributed by atoms with van der Waals surface area (Å²) < 4.78 is 37.7. The summed E-state index contributed by atoms with van der Waals surface area (Å²) in [6.45, 7) is 4.46. The number of aromatic nitrogens is 1. The second-order valence-corrected chi connectivity index (χ2v) is 5.99. The van der Waals surface area contributed by atoms with Crippen LogP contribution in [0.1, 0.15) is 45.2 Å². The summed E-state index contributed by atoms with van der Waals surface area (Å²) >= 11 is 0. The minimum absolute atomic E-state index is 0.226. The van der Waals surface area contributed by atoms with Crippen LogP contribution in [0.4, 0.5) is 19.0 Å². The highest BCUT2D eigenvalue weighted by atomic mass is 19.4. The lowest BCUT2D eigenvalue weighted by Crippen LogP contribution is -2.30. The molecule has 0 spiro atoms. The maximum absolute atomic E-state index is 12.6. The van der Waals surface area contributed by atoms with Crippen molar-refractivity contribution in [1.82, 2.24) is 4.98 Å². The number of alkyl halides is 3. The largest absolute Gasteiger partial charge is 0.433 e. The zero-order valence-corrected chi connectivity index (χ0v) is 11.2. The van der Waals surface area contributed by atoms with Gasteiger partial charge in [-0.2, -0.15) is 13.2 Å². The second-order valence-electron chi connectivity index (χ2n) is 5.99. The van der Waals surface area contributed by atoms with E-state index in [0.29, 0.717) is 11.2 Å². The molecular formula is C14H19F3N2. The number of nitrogens with one attached hydrogen (secondary N) is 1. The standard InChI is InChI=1S/C14H19F3N2/c1-13(2)8-6-10(7-9-13)18-12-5-3-4-11(19-12)14(15,16)17/h3-5,10H,6-9H2,1-2H3,(H,18,19). The number of hydrogen-bond donors (Lipinski definition) is 1. The van der Waals surface area contributed by atoms with Crippen LogP contribution >= 0.6 is 0 Å². The molecule has 19 heavy (non-hydrogen) atoms. The van der Waals surface area contributed by atoms with Crippen molar-refractivity contribution in [2.24, 2.45) is 5.41 Å². The molecule has 1 heterocycles. The first-order valence-corrected chi connectivity index (χ1v) is 6.57. The van der Waals surface area contributed by atoms with E-state index in [1.54, 1.807) is 6.07 Å². The number of pyridine rings is 1. The highest BCUT2D eigenvalue weighted by Gasteiger charge is 2.33. The molecule has 2 rings (SSSR count). The molecule has 1 aliphatic carbocycles. The fraction of sp³-hybridized carbons (Fsp3) is 0.643. The maximum Gasteiger partial charge on any atom is 0.433 e. The van der Waals surface area contributed by atoms with E-state index < -0.39 is 11.9 Å². The molecule has 0 atom stereocenters. The monoisotopic (exact) mass is 272 g/mol. The van der Waals surface area contributed by atoms with E-state index in [0.717, 1.165) is 31.7 Å². The average molecular weight is 272 g/mol. The highest BCUT2D eigenvalue weighted by molar-refractivity contribution is 5.37. The van der Waals surface area contributed by atoms with Gasteiger partial charge in [0.25, 0.3) is 0 Å². The Morgan fingerprint density at radius 2 is 1.84 bits per heavy atom. The van der Waals surface area contributed by atoms with Gasteiger partial charge in [0.1, 0.15) is 11.5 Å². The topological polar surface area (TPSA) is 24.9 Å². The predicted octanol–water partition coefficient (Wildman–Crippen LogP) is 4.48. The summed E-state index contributed by atoms with van der Waals surface area (Å²) in [5.41, 5.74) is -0.493. The molecule has 0 saturated heterocycles. The van der Waals surface area contributed by atoms with Crippen LogP contribution in [0.3, 0.4) is 0 Å². The van der Waals surface area contributed by atoms with E-state index in [-0.39, 0.29) is 6.04 Å².